The first kappa shape index (κ1) is 14.0. The third-order valence-corrected chi connectivity index (χ3v) is 2.22. The van der Waals surface area contributed by atoms with E-state index in [1.165, 1.54) is 0 Å². The summed E-state index contributed by atoms with van der Waals surface area (Å²) in [5.41, 5.74) is 0. The second kappa shape index (κ2) is 8.31. The first-order chi connectivity index (χ1) is 7.11. The van der Waals surface area contributed by atoms with Gasteiger partial charge in [-0.25, -0.2) is 0 Å². The molecule has 0 aromatic rings. The molecule has 0 fully saturated rings. The van der Waals surface area contributed by atoms with Crippen LogP contribution in [0.4, 0.5) is 0 Å². The van der Waals surface area contributed by atoms with Gasteiger partial charge in [-0.1, -0.05) is 25.7 Å². The van der Waals surface area contributed by atoms with E-state index in [4.69, 9.17) is 6.42 Å². The van der Waals surface area contributed by atoms with Crippen LogP contribution in [0.1, 0.15) is 40.0 Å². The van der Waals surface area contributed by atoms with Crippen molar-refractivity contribution in [2.24, 2.45) is 0 Å². The highest BCUT2D eigenvalue weighted by Gasteiger charge is 2.12. The van der Waals surface area contributed by atoms with Gasteiger partial charge in [0, 0.05) is 6.54 Å². The lowest BCUT2D eigenvalue weighted by Gasteiger charge is -2.15. The van der Waals surface area contributed by atoms with Gasteiger partial charge in [0.2, 0.25) is 5.91 Å². The van der Waals surface area contributed by atoms with Gasteiger partial charge in [0.05, 0.1) is 12.1 Å². The Morgan fingerprint density at radius 3 is 2.60 bits per heavy atom. The first-order valence-corrected chi connectivity index (χ1v) is 5.61. The predicted octanol–water partition coefficient (Wildman–Crippen LogP) is 1.29. The molecule has 0 heterocycles. The average Bonchev–Trinajstić information content (AvgIpc) is 2.23. The lowest BCUT2D eigenvalue weighted by molar-refractivity contribution is -0.122. The summed E-state index contributed by atoms with van der Waals surface area (Å²) in [4.78, 5) is 11.5. The van der Waals surface area contributed by atoms with Crippen molar-refractivity contribution in [3.05, 3.63) is 0 Å². The number of hydrogen-bond donors (Lipinski definition) is 2. The van der Waals surface area contributed by atoms with Crippen molar-refractivity contribution in [3.8, 4) is 12.3 Å². The maximum atomic E-state index is 11.5. The van der Waals surface area contributed by atoms with E-state index < -0.39 is 0 Å². The Morgan fingerprint density at radius 1 is 1.40 bits per heavy atom. The van der Waals surface area contributed by atoms with Crippen LogP contribution >= 0.6 is 0 Å². The topological polar surface area (TPSA) is 41.1 Å². The molecule has 0 radical (unpaired) electrons. The Hall–Kier alpha value is -1.01. The van der Waals surface area contributed by atoms with Crippen LogP contribution in [0.25, 0.3) is 0 Å². The Balaban J connectivity index is 3.66. The first-order valence-electron chi connectivity index (χ1n) is 5.61. The van der Waals surface area contributed by atoms with E-state index in [0.717, 1.165) is 25.8 Å². The molecule has 0 aromatic carbocycles. The number of terminal acetylenes is 1. The van der Waals surface area contributed by atoms with Gasteiger partial charge in [0.15, 0.2) is 0 Å². The van der Waals surface area contributed by atoms with Crippen molar-refractivity contribution in [1.29, 1.82) is 0 Å². The molecule has 0 spiro atoms. The molecule has 2 atom stereocenters. The monoisotopic (exact) mass is 210 g/mol. The maximum absolute atomic E-state index is 11.5. The minimum Gasteiger partial charge on any atom is -0.355 e. The van der Waals surface area contributed by atoms with Crippen LogP contribution in [0.15, 0.2) is 0 Å². The van der Waals surface area contributed by atoms with Gasteiger partial charge in [-0.3, -0.25) is 10.1 Å². The second-order valence-electron chi connectivity index (χ2n) is 3.77. The normalized spacial score (nSPS) is 14.0. The highest BCUT2D eigenvalue weighted by molar-refractivity contribution is 5.81. The highest BCUT2D eigenvalue weighted by atomic mass is 16.2. The van der Waals surface area contributed by atoms with Crippen molar-refractivity contribution < 1.29 is 4.79 Å². The van der Waals surface area contributed by atoms with Gasteiger partial charge in [0.25, 0.3) is 0 Å². The van der Waals surface area contributed by atoms with Crippen molar-refractivity contribution in [1.82, 2.24) is 10.6 Å². The van der Waals surface area contributed by atoms with E-state index in [0.29, 0.717) is 0 Å². The van der Waals surface area contributed by atoms with Gasteiger partial charge in [-0.05, 0) is 20.3 Å². The Morgan fingerprint density at radius 2 is 2.07 bits per heavy atom. The van der Waals surface area contributed by atoms with Gasteiger partial charge in [-0.2, -0.15) is 0 Å². The smallest absolute Gasteiger partial charge is 0.236 e. The summed E-state index contributed by atoms with van der Waals surface area (Å²) in [5.74, 6) is 2.56. The molecule has 2 unspecified atom stereocenters. The molecule has 2 N–H and O–H groups in total. The Labute approximate surface area is 93.0 Å². The zero-order chi connectivity index (χ0) is 11.7. The quantitative estimate of drug-likeness (QED) is 0.491. The summed E-state index contributed by atoms with van der Waals surface area (Å²) in [6.07, 6.45) is 8.58. The van der Waals surface area contributed by atoms with E-state index in [1.807, 2.05) is 13.8 Å². The van der Waals surface area contributed by atoms with Crippen molar-refractivity contribution in [3.63, 3.8) is 0 Å². The van der Waals surface area contributed by atoms with Crippen molar-refractivity contribution in [2.75, 3.05) is 6.54 Å². The third kappa shape index (κ3) is 6.98. The van der Waals surface area contributed by atoms with Gasteiger partial charge in [-0.15, -0.1) is 6.42 Å². The molecular formula is C12H22N2O. The van der Waals surface area contributed by atoms with Crippen LogP contribution < -0.4 is 10.6 Å². The van der Waals surface area contributed by atoms with Gasteiger partial charge >= 0.3 is 0 Å². The number of hydrogen-bond acceptors (Lipinski definition) is 2. The highest BCUT2D eigenvalue weighted by Crippen LogP contribution is 1.92. The van der Waals surface area contributed by atoms with Crippen molar-refractivity contribution >= 4 is 5.91 Å². The number of carbonyl (C=O) groups excluding carboxylic acids is 1. The fourth-order valence-electron chi connectivity index (χ4n) is 1.24. The predicted molar refractivity (Wildman–Crippen MR) is 63.4 cm³/mol. The summed E-state index contributed by atoms with van der Waals surface area (Å²) in [6, 6.07) is -0.293. The molecule has 0 bridgehead atoms. The minimum absolute atomic E-state index is 0.0215. The molecule has 0 aliphatic rings. The molecule has 86 valence electrons. The van der Waals surface area contributed by atoms with Gasteiger partial charge in [0.1, 0.15) is 0 Å². The van der Waals surface area contributed by atoms with Crippen LogP contribution in [0.3, 0.4) is 0 Å². The number of carbonyl (C=O) groups is 1. The maximum Gasteiger partial charge on any atom is 0.236 e. The molecule has 0 saturated carbocycles. The number of amides is 1. The standard InChI is InChI=1S/C12H22N2O/c1-5-7-8-9-13-12(15)11(4)14-10(3)6-2/h2,10-11,14H,5,7-9H2,1,3-4H3,(H,13,15). The summed E-state index contributed by atoms with van der Waals surface area (Å²) >= 11 is 0. The summed E-state index contributed by atoms with van der Waals surface area (Å²) in [5, 5.41) is 5.90. The minimum atomic E-state index is -0.224. The third-order valence-electron chi connectivity index (χ3n) is 2.22. The van der Waals surface area contributed by atoms with Crippen LogP contribution in [0, 0.1) is 12.3 Å². The van der Waals surface area contributed by atoms with E-state index >= 15 is 0 Å². The van der Waals surface area contributed by atoms with Crippen molar-refractivity contribution in [2.45, 2.75) is 52.1 Å². The molecule has 0 rings (SSSR count). The summed E-state index contributed by atoms with van der Waals surface area (Å²) < 4.78 is 0. The Kier molecular flexibility index (Phi) is 7.75. The van der Waals surface area contributed by atoms with E-state index in [2.05, 4.69) is 23.5 Å². The summed E-state index contributed by atoms with van der Waals surface area (Å²) in [7, 11) is 0. The van der Waals surface area contributed by atoms with Crippen LogP contribution in [0.5, 0.6) is 0 Å². The molecule has 0 aliphatic carbocycles. The molecule has 3 nitrogen and oxygen atoms in total. The van der Waals surface area contributed by atoms with Crippen LogP contribution in [-0.2, 0) is 4.79 Å². The van der Waals surface area contributed by atoms with E-state index in [-0.39, 0.29) is 18.0 Å². The molecule has 0 saturated heterocycles. The van der Waals surface area contributed by atoms with Crippen LogP contribution in [0.2, 0.25) is 0 Å². The fraction of sp³-hybridized carbons (Fsp3) is 0.750. The Bertz CT molecular complexity index is 220. The lowest BCUT2D eigenvalue weighted by Crippen LogP contribution is -2.45. The van der Waals surface area contributed by atoms with Gasteiger partial charge < -0.3 is 5.32 Å². The molecule has 3 heteroatoms. The largest absolute Gasteiger partial charge is 0.355 e. The molecule has 15 heavy (non-hydrogen) atoms. The molecule has 0 aliphatic heterocycles. The number of unbranched alkanes of at least 4 members (excludes halogenated alkanes) is 2. The lowest BCUT2D eigenvalue weighted by atomic mass is 10.2. The zero-order valence-corrected chi connectivity index (χ0v) is 9.97. The van der Waals surface area contributed by atoms with Crippen LogP contribution in [-0.4, -0.2) is 24.5 Å². The van der Waals surface area contributed by atoms with E-state index in [1.54, 1.807) is 0 Å². The zero-order valence-electron chi connectivity index (χ0n) is 9.97. The average molecular weight is 210 g/mol. The number of rotatable bonds is 7. The van der Waals surface area contributed by atoms with E-state index in [9.17, 15) is 4.79 Å². The summed E-state index contributed by atoms with van der Waals surface area (Å²) in [6.45, 7) is 6.58. The fourth-order valence-corrected chi connectivity index (χ4v) is 1.24. The molecular weight excluding hydrogens is 188 g/mol. The molecule has 0 aromatic heterocycles. The second-order valence-corrected chi connectivity index (χ2v) is 3.77. The molecule has 1 amide bonds. The SMILES string of the molecule is C#CC(C)NC(C)C(=O)NCCCCC. The number of nitrogens with one attached hydrogen (secondary N) is 2.